The van der Waals surface area contributed by atoms with Gasteiger partial charge in [-0.1, -0.05) is 0 Å². The molecule has 4 nitrogen and oxygen atoms in total. The Labute approximate surface area is 66.9 Å². The van der Waals surface area contributed by atoms with Crippen LogP contribution >= 0.6 is 0 Å². The van der Waals surface area contributed by atoms with Crippen LogP contribution in [0.15, 0.2) is 0 Å². The lowest BCUT2D eigenvalue weighted by Crippen LogP contribution is -2.36. The van der Waals surface area contributed by atoms with Crippen LogP contribution in [-0.2, 0) is 4.79 Å². The molecule has 1 amide bonds. The molecule has 0 bridgehead atoms. The Morgan fingerprint density at radius 3 is 2.64 bits per heavy atom. The molecule has 0 aromatic carbocycles. The largest absolute Gasteiger partial charge is 0.342 e. The van der Waals surface area contributed by atoms with E-state index in [4.69, 9.17) is 5.84 Å². The molecule has 1 rings (SSSR count). The van der Waals surface area contributed by atoms with Crippen molar-refractivity contribution in [2.45, 2.75) is 13.3 Å². The molecule has 1 saturated heterocycles. The third-order valence-electron chi connectivity index (χ3n) is 1.98. The van der Waals surface area contributed by atoms with E-state index in [0.717, 1.165) is 32.6 Å². The summed E-state index contributed by atoms with van der Waals surface area (Å²) < 4.78 is 0. The van der Waals surface area contributed by atoms with Gasteiger partial charge in [0.25, 0.3) is 0 Å². The third kappa shape index (κ3) is 2.48. The fraction of sp³-hybridized carbons (Fsp3) is 0.857. The summed E-state index contributed by atoms with van der Waals surface area (Å²) in [4.78, 5) is 12.8. The second-order valence-electron chi connectivity index (χ2n) is 2.90. The molecule has 1 aliphatic heterocycles. The maximum atomic E-state index is 10.9. The second kappa shape index (κ2) is 3.69. The fourth-order valence-electron chi connectivity index (χ4n) is 1.25. The van der Waals surface area contributed by atoms with Crippen molar-refractivity contribution in [2.24, 2.45) is 5.84 Å². The van der Waals surface area contributed by atoms with E-state index in [-0.39, 0.29) is 5.91 Å². The number of rotatable bonds is 0. The number of carbonyl (C=O) groups excluding carboxylic acids is 1. The molecule has 1 fully saturated rings. The van der Waals surface area contributed by atoms with Crippen LogP contribution in [0.5, 0.6) is 0 Å². The molecule has 0 aliphatic carbocycles. The molecule has 0 unspecified atom stereocenters. The lowest BCUT2D eigenvalue weighted by molar-refractivity contribution is -0.128. The molecule has 0 radical (unpaired) electrons. The number of amides is 1. The zero-order valence-corrected chi connectivity index (χ0v) is 6.92. The van der Waals surface area contributed by atoms with Crippen molar-refractivity contribution >= 4 is 5.91 Å². The van der Waals surface area contributed by atoms with Crippen molar-refractivity contribution < 1.29 is 4.79 Å². The average Bonchev–Trinajstić information content (AvgIpc) is 2.13. The molecule has 0 aromatic rings. The molecule has 11 heavy (non-hydrogen) atoms. The Balaban J connectivity index is 2.40. The summed E-state index contributed by atoms with van der Waals surface area (Å²) in [7, 11) is 0. The number of hydrogen-bond donors (Lipinski definition) is 1. The average molecular weight is 157 g/mol. The Bertz CT molecular complexity index is 149. The van der Waals surface area contributed by atoms with E-state index >= 15 is 0 Å². The number of hydrazine groups is 1. The van der Waals surface area contributed by atoms with Crippen LogP contribution in [0.1, 0.15) is 13.3 Å². The summed E-state index contributed by atoms with van der Waals surface area (Å²) in [5.41, 5.74) is 0. The van der Waals surface area contributed by atoms with Gasteiger partial charge < -0.3 is 4.90 Å². The second-order valence-corrected chi connectivity index (χ2v) is 2.90. The molecule has 1 aliphatic rings. The predicted molar refractivity (Wildman–Crippen MR) is 42.6 cm³/mol. The summed E-state index contributed by atoms with van der Waals surface area (Å²) in [5, 5.41) is 1.77. The minimum Gasteiger partial charge on any atom is -0.342 e. The van der Waals surface area contributed by atoms with E-state index in [9.17, 15) is 4.79 Å². The molecule has 64 valence electrons. The highest BCUT2D eigenvalue weighted by atomic mass is 16.2. The van der Waals surface area contributed by atoms with Crippen molar-refractivity contribution in [2.75, 3.05) is 26.2 Å². The minimum absolute atomic E-state index is 0.153. The molecular weight excluding hydrogens is 142 g/mol. The van der Waals surface area contributed by atoms with Crippen molar-refractivity contribution in [1.82, 2.24) is 9.91 Å². The van der Waals surface area contributed by atoms with E-state index in [1.54, 1.807) is 11.9 Å². The van der Waals surface area contributed by atoms with Crippen LogP contribution in [0.25, 0.3) is 0 Å². The Hall–Kier alpha value is -0.610. The number of carbonyl (C=O) groups is 1. The molecule has 2 N–H and O–H groups in total. The third-order valence-corrected chi connectivity index (χ3v) is 1.98. The first-order valence-electron chi connectivity index (χ1n) is 3.95. The van der Waals surface area contributed by atoms with E-state index in [1.807, 2.05) is 4.90 Å². The van der Waals surface area contributed by atoms with Gasteiger partial charge in [0.15, 0.2) is 0 Å². The molecule has 0 saturated carbocycles. The van der Waals surface area contributed by atoms with Gasteiger partial charge in [-0.3, -0.25) is 10.6 Å². The first-order chi connectivity index (χ1) is 5.20. The molecular formula is C7H15N3O. The standard InChI is InChI=1S/C7H15N3O/c1-7(11)9-3-2-4-10(8)6-5-9/h2-6,8H2,1H3. The van der Waals surface area contributed by atoms with Crippen molar-refractivity contribution in [3.8, 4) is 0 Å². The van der Waals surface area contributed by atoms with Gasteiger partial charge in [-0.2, -0.15) is 0 Å². The first-order valence-corrected chi connectivity index (χ1v) is 3.95. The smallest absolute Gasteiger partial charge is 0.219 e. The molecule has 0 spiro atoms. The number of hydrogen-bond acceptors (Lipinski definition) is 3. The SMILES string of the molecule is CC(=O)N1CCCN(N)CC1. The lowest BCUT2D eigenvalue weighted by Gasteiger charge is -2.17. The zero-order valence-electron chi connectivity index (χ0n) is 6.92. The highest BCUT2D eigenvalue weighted by Gasteiger charge is 2.13. The topological polar surface area (TPSA) is 49.6 Å². The zero-order chi connectivity index (χ0) is 8.27. The summed E-state index contributed by atoms with van der Waals surface area (Å²) in [5.74, 6) is 5.75. The van der Waals surface area contributed by atoms with Gasteiger partial charge in [0.2, 0.25) is 5.91 Å². The number of nitrogens with zero attached hydrogens (tertiary/aromatic N) is 2. The maximum Gasteiger partial charge on any atom is 0.219 e. The maximum absolute atomic E-state index is 10.9. The Kier molecular flexibility index (Phi) is 2.84. The first kappa shape index (κ1) is 8.49. The van der Waals surface area contributed by atoms with Crippen molar-refractivity contribution in [1.29, 1.82) is 0 Å². The summed E-state index contributed by atoms with van der Waals surface area (Å²) in [6.45, 7) is 4.91. The Morgan fingerprint density at radius 2 is 2.00 bits per heavy atom. The van der Waals surface area contributed by atoms with Crippen LogP contribution in [-0.4, -0.2) is 42.0 Å². The van der Waals surface area contributed by atoms with Gasteiger partial charge >= 0.3 is 0 Å². The van der Waals surface area contributed by atoms with Crippen LogP contribution in [0.3, 0.4) is 0 Å². The van der Waals surface area contributed by atoms with E-state index in [0.29, 0.717) is 0 Å². The van der Waals surface area contributed by atoms with Gasteiger partial charge in [0.05, 0.1) is 0 Å². The minimum atomic E-state index is 0.153. The molecule has 4 heteroatoms. The van der Waals surface area contributed by atoms with E-state index in [2.05, 4.69) is 0 Å². The summed E-state index contributed by atoms with van der Waals surface area (Å²) in [6, 6.07) is 0. The summed E-state index contributed by atoms with van der Waals surface area (Å²) >= 11 is 0. The fourth-order valence-corrected chi connectivity index (χ4v) is 1.25. The van der Waals surface area contributed by atoms with Gasteiger partial charge in [0, 0.05) is 33.1 Å². The highest BCUT2D eigenvalue weighted by molar-refractivity contribution is 5.73. The Morgan fingerprint density at radius 1 is 1.27 bits per heavy atom. The molecule has 1 heterocycles. The monoisotopic (exact) mass is 157 g/mol. The highest BCUT2D eigenvalue weighted by Crippen LogP contribution is 1.98. The summed E-state index contributed by atoms with van der Waals surface area (Å²) in [6.07, 6.45) is 0.982. The lowest BCUT2D eigenvalue weighted by atomic mass is 10.4. The van der Waals surface area contributed by atoms with Crippen LogP contribution in [0, 0.1) is 0 Å². The van der Waals surface area contributed by atoms with Crippen LogP contribution in [0.4, 0.5) is 0 Å². The number of nitrogens with two attached hydrogens (primary N) is 1. The van der Waals surface area contributed by atoms with E-state index in [1.165, 1.54) is 0 Å². The quantitative estimate of drug-likeness (QED) is 0.478. The van der Waals surface area contributed by atoms with Gasteiger partial charge in [0.1, 0.15) is 0 Å². The molecule has 0 atom stereocenters. The normalized spacial score (nSPS) is 21.5. The van der Waals surface area contributed by atoms with Crippen LogP contribution in [0.2, 0.25) is 0 Å². The molecule has 0 aromatic heterocycles. The van der Waals surface area contributed by atoms with E-state index < -0.39 is 0 Å². The van der Waals surface area contributed by atoms with Gasteiger partial charge in [-0.15, -0.1) is 0 Å². The van der Waals surface area contributed by atoms with Crippen LogP contribution < -0.4 is 5.84 Å². The van der Waals surface area contributed by atoms with Gasteiger partial charge in [-0.05, 0) is 6.42 Å². The van der Waals surface area contributed by atoms with Crippen molar-refractivity contribution in [3.05, 3.63) is 0 Å². The van der Waals surface area contributed by atoms with Crippen molar-refractivity contribution in [3.63, 3.8) is 0 Å². The predicted octanol–water partition coefficient (Wildman–Crippen LogP) is -0.586. The van der Waals surface area contributed by atoms with Gasteiger partial charge in [-0.25, -0.2) is 5.01 Å².